The molecule has 0 unspecified atom stereocenters. The van der Waals surface area contributed by atoms with E-state index in [-0.39, 0.29) is 24.8 Å². The van der Waals surface area contributed by atoms with Crippen LogP contribution in [0.25, 0.3) is 0 Å². The van der Waals surface area contributed by atoms with Crippen LogP contribution in [0.4, 0.5) is 0 Å². The first-order valence-electron chi connectivity index (χ1n) is 8.74. The van der Waals surface area contributed by atoms with Crippen LogP contribution in [0.15, 0.2) is 66.3 Å². The molecular formula is C23H26Cl2Zr-2. The van der Waals surface area contributed by atoms with Crippen molar-refractivity contribution in [2.24, 2.45) is 0 Å². The topological polar surface area (TPSA) is 0 Å². The van der Waals surface area contributed by atoms with Crippen molar-refractivity contribution in [2.75, 3.05) is 0 Å². The first-order chi connectivity index (χ1) is 11.7. The molecule has 2 aliphatic carbocycles. The van der Waals surface area contributed by atoms with Crippen molar-refractivity contribution in [1.82, 2.24) is 0 Å². The minimum atomic E-state index is 0. The van der Waals surface area contributed by atoms with E-state index in [9.17, 15) is 0 Å². The van der Waals surface area contributed by atoms with Gasteiger partial charge in [-0.3, -0.25) is 6.08 Å². The van der Waals surface area contributed by atoms with Crippen LogP contribution in [0.1, 0.15) is 49.8 Å². The minimum absolute atomic E-state index is 0. The van der Waals surface area contributed by atoms with E-state index in [1.54, 1.807) is 11.1 Å². The van der Waals surface area contributed by atoms with E-state index < -0.39 is 0 Å². The van der Waals surface area contributed by atoms with Gasteiger partial charge in [-0.1, -0.05) is 25.7 Å². The number of benzene rings is 1. The molecule has 0 saturated carbocycles. The number of allylic oxidation sites excluding steroid dienone is 4. The van der Waals surface area contributed by atoms with Gasteiger partial charge in [0.2, 0.25) is 0 Å². The zero-order valence-electron chi connectivity index (χ0n) is 15.6. The van der Waals surface area contributed by atoms with Crippen molar-refractivity contribution in [1.29, 1.82) is 0 Å². The van der Waals surface area contributed by atoms with Gasteiger partial charge in [0.15, 0.2) is 0 Å². The van der Waals surface area contributed by atoms with Crippen LogP contribution in [-0.4, -0.2) is 3.21 Å². The summed E-state index contributed by atoms with van der Waals surface area (Å²) in [6, 6.07) is 17.2. The summed E-state index contributed by atoms with van der Waals surface area (Å²) in [5.41, 5.74) is 5.91. The average molecular weight is 465 g/mol. The Morgan fingerprint density at radius 1 is 1.04 bits per heavy atom. The molecule has 0 bridgehead atoms. The molecule has 0 heterocycles. The van der Waals surface area contributed by atoms with Crippen molar-refractivity contribution in [3.63, 3.8) is 0 Å². The van der Waals surface area contributed by atoms with E-state index in [4.69, 9.17) is 0 Å². The van der Waals surface area contributed by atoms with Gasteiger partial charge in [0.25, 0.3) is 0 Å². The van der Waals surface area contributed by atoms with Gasteiger partial charge in [0, 0.05) is 0 Å². The molecule has 2 aromatic rings. The van der Waals surface area contributed by atoms with E-state index in [1.165, 1.54) is 64.3 Å². The van der Waals surface area contributed by atoms with Crippen LogP contribution < -0.4 is 24.8 Å². The molecule has 0 aromatic heterocycles. The molecule has 3 heteroatoms. The van der Waals surface area contributed by atoms with Gasteiger partial charge in [-0.05, 0) is 0 Å². The molecule has 0 aliphatic heterocycles. The minimum Gasteiger partial charge on any atom is -1.00 e. The molecule has 0 fully saturated rings. The normalized spacial score (nSPS) is 13.5. The van der Waals surface area contributed by atoms with Crippen molar-refractivity contribution in [3.8, 4) is 0 Å². The van der Waals surface area contributed by atoms with Gasteiger partial charge in [-0.15, -0.1) is 13.3 Å². The molecule has 0 atom stereocenters. The SMILES string of the molecule is CC1=CC[C-]=C1.C[C](=[Zr+2])c1ccccc1.[Cl-].[Cl-].c1cc2c([cH-]1)CCCC2. The Labute approximate surface area is 186 Å². The van der Waals surface area contributed by atoms with Crippen LogP contribution in [-0.2, 0) is 37.1 Å². The van der Waals surface area contributed by atoms with Gasteiger partial charge in [0.1, 0.15) is 0 Å². The first kappa shape index (κ1) is 25.4. The fourth-order valence-corrected chi connectivity index (χ4v) is 3.21. The molecule has 4 rings (SSSR count). The fourth-order valence-electron chi connectivity index (χ4n) is 2.80. The zero-order chi connectivity index (χ0) is 17.2. The molecule has 2 aromatic carbocycles. The smallest absolute Gasteiger partial charge is 0.0512 e. The standard InChI is InChI=1S/C9H11.C8H8.C6H7.2ClH.Zr/c1-2-5-9-7-3-6-8(9)4-1;1-2-8-6-4-3-5-7-8;1-6-4-2-3-5-6;;;/h3,6-7H,1-2,4-5H2;3-7H,1H3;4-5H,2H2,1H3;2*1H;/q-1;;-1;;;+2/p-2. The molecule has 0 amide bonds. The van der Waals surface area contributed by atoms with E-state index in [0.717, 1.165) is 6.42 Å². The van der Waals surface area contributed by atoms with Crippen LogP contribution in [0.3, 0.4) is 0 Å². The molecule has 0 nitrogen and oxygen atoms in total. The van der Waals surface area contributed by atoms with Crippen molar-refractivity contribution < 1.29 is 49.0 Å². The van der Waals surface area contributed by atoms with E-state index in [2.05, 4.69) is 68.5 Å². The molecule has 0 radical (unpaired) electrons. The molecule has 0 spiro atoms. The van der Waals surface area contributed by atoms with Crippen molar-refractivity contribution in [3.05, 3.63) is 89.0 Å². The van der Waals surface area contributed by atoms with Crippen LogP contribution in [0, 0.1) is 6.08 Å². The number of halogens is 2. The summed E-state index contributed by atoms with van der Waals surface area (Å²) in [7, 11) is 0. The number of hydrogen-bond donors (Lipinski definition) is 0. The largest absolute Gasteiger partial charge is 1.00 e. The second-order valence-electron chi connectivity index (χ2n) is 6.28. The second kappa shape index (κ2) is 14.4. The van der Waals surface area contributed by atoms with Crippen LogP contribution >= 0.6 is 0 Å². The van der Waals surface area contributed by atoms with Gasteiger partial charge in [0.05, 0.1) is 0 Å². The third-order valence-corrected chi connectivity index (χ3v) is 4.94. The Bertz CT molecular complexity index is 673. The summed E-state index contributed by atoms with van der Waals surface area (Å²) in [4.78, 5) is 0. The third-order valence-electron chi connectivity index (χ3n) is 4.23. The predicted molar refractivity (Wildman–Crippen MR) is 101 cm³/mol. The summed E-state index contributed by atoms with van der Waals surface area (Å²) >= 11 is 1.51. The second-order valence-corrected chi connectivity index (χ2v) is 8.12. The Morgan fingerprint density at radius 2 is 1.73 bits per heavy atom. The van der Waals surface area contributed by atoms with Crippen molar-refractivity contribution in [2.45, 2.75) is 46.0 Å². The predicted octanol–water partition coefficient (Wildman–Crippen LogP) is -0.238. The molecule has 0 saturated heterocycles. The van der Waals surface area contributed by atoms with Gasteiger partial charge >= 0.3 is 70.3 Å². The number of aryl methyl sites for hydroxylation is 2. The fraction of sp³-hybridized carbons (Fsp3) is 0.304. The number of rotatable bonds is 1. The maximum Gasteiger partial charge on any atom is -0.0512 e. The Balaban J connectivity index is 0.000000354. The van der Waals surface area contributed by atoms with E-state index in [0.29, 0.717) is 0 Å². The Hall–Kier alpha value is -0.617. The summed E-state index contributed by atoms with van der Waals surface area (Å²) in [5.74, 6) is 0. The Kier molecular flexibility index (Phi) is 14.1. The van der Waals surface area contributed by atoms with Gasteiger partial charge < -0.3 is 24.8 Å². The van der Waals surface area contributed by atoms with E-state index in [1.807, 2.05) is 12.1 Å². The molecular weight excluding hydrogens is 438 g/mol. The third kappa shape index (κ3) is 9.36. The summed E-state index contributed by atoms with van der Waals surface area (Å²) in [6.45, 7) is 4.24. The zero-order valence-corrected chi connectivity index (χ0v) is 19.5. The molecule has 138 valence electrons. The van der Waals surface area contributed by atoms with Crippen molar-refractivity contribution >= 4 is 3.21 Å². The monoisotopic (exact) mass is 462 g/mol. The molecule has 0 N–H and O–H groups in total. The van der Waals surface area contributed by atoms with E-state index >= 15 is 0 Å². The number of hydrogen-bond acceptors (Lipinski definition) is 0. The molecule has 2 aliphatic rings. The van der Waals surface area contributed by atoms with Crippen LogP contribution in [0.5, 0.6) is 0 Å². The maximum absolute atomic E-state index is 3.05. The average Bonchev–Trinajstić information content (AvgIpc) is 3.28. The Morgan fingerprint density at radius 3 is 2.19 bits per heavy atom. The summed E-state index contributed by atoms with van der Waals surface area (Å²) in [6.07, 6.45) is 13.7. The van der Waals surface area contributed by atoms with Gasteiger partial charge in [-0.25, -0.2) is 17.7 Å². The number of fused-ring (bicyclic) bond motifs is 1. The first-order valence-corrected chi connectivity index (χ1v) is 9.97. The summed E-state index contributed by atoms with van der Waals surface area (Å²) < 4.78 is 1.46. The summed E-state index contributed by atoms with van der Waals surface area (Å²) in [5, 5.41) is 0. The molecule has 26 heavy (non-hydrogen) atoms. The van der Waals surface area contributed by atoms with Crippen LogP contribution in [0.2, 0.25) is 0 Å². The van der Waals surface area contributed by atoms with Gasteiger partial charge in [-0.2, -0.15) is 29.3 Å². The quantitative estimate of drug-likeness (QED) is 0.512. The maximum atomic E-state index is 3.05.